The second kappa shape index (κ2) is 11.4. The minimum atomic E-state index is 0.156. The molecule has 0 radical (unpaired) electrons. The maximum absolute atomic E-state index is 12.2. The molecule has 34 heavy (non-hydrogen) atoms. The Morgan fingerprint density at radius 1 is 0.912 bits per heavy atom. The van der Waals surface area contributed by atoms with Gasteiger partial charge in [-0.2, -0.15) is 0 Å². The van der Waals surface area contributed by atoms with Crippen LogP contribution in [0.3, 0.4) is 0 Å². The lowest BCUT2D eigenvalue weighted by Gasteiger charge is -2.44. The van der Waals surface area contributed by atoms with E-state index in [4.69, 9.17) is 9.47 Å². The molecule has 0 aromatic heterocycles. The Hall–Kier alpha value is -1.63. The van der Waals surface area contributed by atoms with Gasteiger partial charge in [0.1, 0.15) is 5.75 Å². The highest BCUT2D eigenvalue weighted by atomic mass is 16.5. The van der Waals surface area contributed by atoms with E-state index in [1.807, 2.05) is 0 Å². The van der Waals surface area contributed by atoms with Crippen molar-refractivity contribution < 1.29 is 14.3 Å². The van der Waals surface area contributed by atoms with Crippen LogP contribution in [-0.4, -0.2) is 92.3 Å². The van der Waals surface area contributed by atoms with Crippen LogP contribution in [0.2, 0.25) is 0 Å². The maximum Gasteiger partial charge on any atom is 0.222 e. The van der Waals surface area contributed by atoms with Gasteiger partial charge in [-0.15, -0.1) is 0 Å². The van der Waals surface area contributed by atoms with Gasteiger partial charge in [0.05, 0.1) is 6.61 Å². The second-order valence-electron chi connectivity index (χ2n) is 10.9. The first-order valence-corrected chi connectivity index (χ1v) is 13.8. The fourth-order valence-electron chi connectivity index (χ4n) is 6.56. The summed E-state index contributed by atoms with van der Waals surface area (Å²) in [5, 5.41) is 0. The van der Waals surface area contributed by atoms with E-state index < -0.39 is 0 Å². The zero-order valence-electron chi connectivity index (χ0n) is 20.9. The van der Waals surface area contributed by atoms with E-state index in [0.717, 1.165) is 103 Å². The Morgan fingerprint density at radius 2 is 1.65 bits per heavy atom. The fourth-order valence-corrected chi connectivity index (χ4v) is 6.56. The summed E-state index contributed by atoms with van der Waals surface area (Å²) >= 11 is 0. The first kappa shape index (κ1) is 24.1. The summed E-state index contributed by atoms with van der Waals surface area (Å²) in [7, 11) is 0. The van der Waals surface area contributed by atoms with Crippen LogP contribution < -0.4 is 4.74 Å². The van der Waals surface area contributed by atoms with Crippen LogP contribution >= 0.6 is 0 Å². The molecule has 6 nitrogen and oxygen atoms in total. The summed E-state index contributed by atoms with van der Waals surface area (Å²) in [5.74, 6) is 1.36. The van der Waals surface area contributed by atoms with Gasteiger partial charge in [0.15, 0.2) is 0 Å². The van der Waals surface area contributed by atoms with Crippen LogP contribution in [0.15, 0.2) is 24.3 Å². The van der Waals surface area contributed by atoms with Crippen molar-refractivity contribution in [3.63, 3.8) is 0 Å². The van der Waals surface area contributed by atoms with Gasteiger partial charge in [0.25, 0.3) is 0 Å². The molecular weight excluding hydrogens is 426 g/mol. The summed E-state index contributed by atoms with van der Waals surface area (Å²) in [4.78, 5) is 19.5. The van der Waals surface area contributed by atoms with E-state index in [1.54, 1.807) is 0 Å². The summed E-state index contributed by atoms with van der Waals surface area (Å²) in [6.45, 7) is 10.4. The van der Waals surface area contributed by atoms with Crippen LogP contribution in [0.1, 0.15) is 63.4 Å². The molecule has 0 atom stereocenters. The van der Waals surface area contributed by atoms with Gasteiger partial charge >= 0.3 is 0 Å². The summed E-state index contributed by atoms with van der Waals surface area (Å²) in [6, 6.07) is 9.41. The molecule has 4 saturated heterocycles. The highest BCUT2D eigenvalue weighted by molar-refractivity contribution is 5.78. The fraction of sp³-hybridized carbons (Fsp3) is 0.750. The van der Waals surface area contributed by atoms with Gasteiger partial charge in [-0.05, 0) is 82.2 Å². The Labute approximate surface area is 205 Å². The first-order chi connectivity index (χ1) is 16.7. The number of nitrogens with zero attached hydrogens (tertiary/aromatic N) is 3. The SMILES string of the molecule is O=C1CCCN1C1CCN(CC2(c3ccc(OCCCN4CCCC4)cc3)CCOCC2)CC1. The molecule has 1 aromatic rings. The number of hydrogen-bond acceptors (Lipinski definition) is 5. The molecule has 0 N–H and O–H groups in total. The molecule has 4 aliphatic heterocycles. The van der Waals surface area contributed by atoms with Gasteiger partial charge in [0.2, 0.25) is 5.91 Å². The molecule has 0 bridgehead atoms. The number of amides is 1. The number of likely N-dealkylation sites (tertiary alicyclic amines) is 3. The summed E-state index contributed by atoms with van der Waals surface area (Å²) in [5.41, 5.74) is 1.58. The third kappa shape index (κ3) is 5.77. The van der Waals surface area contributed by atoms with Crippen molar-refractivity contribution in [1.29, 1.82) is 0 Å². The van der Waals surface area contributed by atoms with Gasteiger partial charge in [-0.1, -0.05) is 12.1 Å². The molecule has 6 heteroatoms. The molecule has 0 unspecified atom stereocenters. The zero-order chi connectivity index (χ0) is 23.2. The normalized spacial score (nSPS) is 24.7. The third-order valence-electron chi connectivity index (χ3n) is 8.64. The van der Waals surface area contributed by atoms with Crippen LogP contribution in [-0.2, 0) is 14.9 Å². The molecule has 0 aliphatic carbocycles. The maximum atomic E-state index is 12.2. The van der Waals surface area contributed by atoms with Crippen molar-refractivity contribution in [1.82, 2.24) is 14.7 Å². The molecular formula is C28H43N3O3. The van der Waals surface area contributed by atoms with E-state index in [9.17, 15) is 4.79 Å². The average Bonchev–Trinajstić information content (AvgIpc) is 3.55. The van der Waals surface area contributed by atoms with Crippen LogP contribution in [0.25, 0.3) is 0 Å². The number of hydrogen-bond donors (Lipinski definition) is 0. The minimum absolute atomic E-state index is 0.156. The molecule has 188 valence electrons. The van der Waals surface area contributed by atoms with Crippen molar-refractivity contribution in [2.45, 2.75) is 69.2 Å². The van der Waals surface area contributed by atoms with Gasteiger partial charge in [-0.3, -0.25) is 4.79 Å². The van der Waals surface area contributed by atoms with Crippen LogP contribution in [0.5, 0.6) is 5.75 Å². The predicted molar refractivity (Wildman–Crippen MR) is 134 cm³/mol. The number of carbonyl (C=O) groups is 1. The van der Waals surface area contributed by atoms with Gasteiger partial charge in [0, 0.05) is 63.8 Å². The van der Waals surface area contributed by atoms with E-state index in [1.165, 1.54) is 31.5 Å². The summed E-state index contributed by atoms with van der Waals surface area (Å²) in [6.07, 6.45) is 9.98. The minimum Gasteiger partial charge on any atom is -0.494 e. The lowest BCUT2D eigenvalue weighted by atomic mass is 9.73. The van der Waals surface area contributed by atoms with Crippen molar-refractivity contribution in [2.75, 3.05) is 65.6 Å². The predicted octanol–water partition coefficient (Wildman–Crippen LogP) is 3.69. The largest absolute Gasteiger partial charge is 0.494 e. The Kier molecular flexibility index (Phi) is 8.08. The zero-order valence-corrected chi connectivity index (χ0v) is 20.9. The van der Waals surface area contributed by atoms with Crippen molar-refractivity contribution in [3.05, 3.63) is 29.8 Å². The quantitative estimate of drug-likeness (QED) is 0.516. The van der Waals surface area contributed by atoms with E-state index in [0.29, 0.717) is 11.9 Å². The molecule has 0 spiro atoms. The number of rotatable bonds is 9. The average molecular weight is 470 g/mol. The highest BCUT2D eigenvalue weighted by Gasteiger charge is 2.38. The Morgan fingerprint density at radius 3 is 2.32 bits per heavy atom. The first-order valence-electron chi connectivity index (χ1n) is 13.8. The number of piperidine rings is 1. The van der Waals surface area contributed by atoms with Crippen molar-refractivity contribution in [2.24, 2.45) is 0 Å². The number of benzene rings is 1. The Balaban J connectivity index is 1.15. The molecule has 1 amide bonds. The second-order valence-corrected chi connectivity index (χ2v) is 10.9. The molecule has 4 heterocycles. The Bertz CT molecular complexity index is 779. The summed E-state index contributed by atoms with van der Waals surface area (Å²) < 4.78 is 11.8. The van der Waals surface area contributed by atoms with Crippen LogP contribution in [0, 0.1) is 0 Å². The molecule has 5 rings (SSSR count). The van der Waals surface area contributed by atoms with Crippen molar-refractivity contribution in [3.8, 4) is 5.75 Å². The molecule has 0 saturated carbocycles. The molecule has 4 fully saturated rings. The number of ether oxygens (including phenoxy) is 2. The van der Waals surface area contributed by atoms with Crippen molar-refractivity contribution >= 4 is 5.91 Å². The lowest BCUT2D eigenvalue weighted by Crippen LogP contribution is -2.50. The highest BCUT2D eigenvalue weighted by Crippen LogP contribution is 2.37. The van der Waals surface area contributed by atoms with Gasteiger partial charge in [-0.25, -0.2) is 0 Å². The smallest absolute Gasteiger partial charge is 0.222 e. The van der Waals surface area contributed by atoms with Gasteiger partial charge < -0.3 is 24.2 Å². The lowest BCUT2D eigenvalue weighted by molar-refractivity contribution is -0.130. The number of carbonyl (C=O) groups excluding carboxylic acids is 1. The standard InChI is InChI=1S/C28H43N3O3/c32-27-5-3-17-31(27)25-10-18-30(19-11-25)23-28(12-21-33-22-13-28)24-6-8-26(9-7-24)34-20-4-16-29-14-1-2-15-29/h6-9,25H,1-5,10-23H2. The van der Waals surface area contributed by atoms with E-state index in [2.05, 4.69) is 39.0 Å². The third-order valence-corrected chi connectivity index (χ3v) is 8.64. The van der Waals surface area contributed by atoms with E-state index >= 15 is 0 Å². The monoisotopic (exact) mass is 469 g/mol. The topological polar surface area (TPSA) is 45.2 Å². The van der Waals surface area contributed by atoms with E-state index in [-0.39, 0.29) is 5.41 Å². The molecule has 4 aliphatic rings. The molecule has 1 aromatic carbocycles. The van der Waals surface area contributed by atoms with Crippen LogP contribution in [0.4, 0.5) is 0 Å².